The topological polar surface area (TPSA) is 77.3 Å². The fourth-order valence-corrected chi connectivity index (χ4v) is 3.97. The van der Waals surface area contributed by atoms with E-state index in [1.807, 2.05) is 6.92 Å². The molecule has 152 valence electrons. The summed E-state index contributed by atoms with van der Waals surface area (Å²) in [6, 6.07) is 6.72. The number of ether oxygens (including phenoxy) is 2. The van der Waals surface area contributed by atoms with Crippen LogP contribution in [0.4, 0.5) is 5.69 Å². The summed E-state index contributed by atoms with van der Waals surface area (Å²) < 4.78 is 10.7. The van der Waals surface area contributed by atoms with E-state index in [9.17, 15) is 14.4 Å². The molecule has 0 bridgehead atoms. The number of nitrogens with one attached hydrogen (secondary N) is 1. The summed E-state index contributed by atoms with van der Waals surface area (Å²) in [5.41, 5.74) is 0.585. The molecule has 2 aliphatic heterocycles. The number of likely N-dealkylation sites (tertiary alicyclic amines) is 1. The molecule has 2 heterocycles. The first-order valence-electron chi connectivity index (χ1n) is 10.2. The maximum absolute atomic E-state index is 13.0. The molecule has 3 rings (SSSR count). The van der Waals surface area contributed by atoms with E-state index in [1.54, 1.807) is 31.2 Å². The van der Waals surface area contributed by atoms with E-state index in [0.717, 1.165) is 17.1 Å². The SMILES string of the molecule is CCCOc1ccc(N2C(=O)C[C@H]([NH+]3CCC(C(=O)OCC)CC3)C2=O)cc1. The number of anilines is 1. The average molecular weight is 389 g/mol. The van der Waals surface area contributed by atoms with Gasteiger partial charge in [0.15, 0.2) is 6.04 Å². The van der Waals surface area contributed by atoms with E-state index in [-0.39, 0.29) is 36.2 Å². The summed E-state index contributed by atoms with van der Waals surface area (Å²) >= 11 is 0. The molecule has 0 radical (unpaired) electrons. The van der Waals surface area contributed by atoms with Crippen LogP contribution >= 0.6 is 0 Å². The normalized spacial score (nSPS) is 25.1. The molecule has 2 amide bonds. The lowest BCUT2D eigenvalue weighted by atomic mass is 9.95. The highest BCUT2D eigenvalue weighted by Gasteiger charge is 2.47. The second kappa shape index (κ2) is 9.19. The molecule has 0 unspecified atom stereocenters. The van der Waals surface area contributed by atoms with Gasteiger partial charge in [0.05, 0.1) is 44.3 Å². The maximum atomic E-state index is 13.0. The number of nitrogens with zero attached hydrogens (tertiary/aromatic N) is 1. The molecular formula is C21H29N2O5+. The number of benzene rings is 1. The predicted octanol–water partition coefficient (Wildman–Crippen LogP) is 0.965. The summed E-state index contributed by atoms with van der Waals surface area (Å²) in [4.78, 5) is 39.8. The molecule has 0 saturated carbocycles. The molecule has 0 aromatic heterocycles. The first-order chi connectivity index (χ1) is 13.5. The van der Waals surface area contributed by atoms with Gasteiger partial charge in [0.25, 0.3) is 5.91 Å². The minimum absolute atomic E-state index is 0.0947. The largest absolute Gasteiger partial charge is 0.494 e. The Hall–Kier alpha value is -2.41. The molecule has 1 atom stereocenters. The zero-order chi connectivity index (χ0) is 20.1. The third kappa shape index (κ3) is 4.35. The zero-order valence-corrected chi connectivity index (χ0v) is 16.6. The van der Waals surface area contributed by atoms with E-state index in [2.05, 4.69) is 0 Å². The second-order valence-electron chi connectivity index (χ2n) is 7.35. The van der Waals surface area contributed by atoms with Gasteiger partial charge in [-0.1, -0.05) is 6.92 Å². The number of imide groups is 1. The minimum Gasteiger partial charge on any atom is -0.494 e. The van der Waals surface area contributed by atoms with E-state index in [1.165, 1.54) is 4.90 Å². The van der Waals surface area contributed by atoms with E-state index < -0.39 is 0 Å². The van der Waals surface area contributed by atoms with Crippen LogP contribution in [0.5, 0.6) is 5.75 Å². The van der Waals surface area contributed by atoms with Gasteiger partial charge in [-0.2, -0.15) is 0 Å². The zero-order valence-electron chi connectivity index (χ0n) is 16.6. The summed E-state index contributed by atoms with van der Waals surface area (Å²) in [7, 11) is 0. The van der Waals surface area contributed by atoms with Crippen LogP contribution in [0.2, 0.25) is 0 Å². The highest BCUT2D eigenvalue weighted by atomic mass is 16.5. The first kappa shape index (κ1) is 20.3. The second-order valence-corrected chi connectivity index (χ2v) is 7.35. The number of rotatable bonds is 7. The number of hydrogen-bond acceptors (Lipinski definition) is 5. The van der Waals surface area contributed by atoms with Crippen LogP contribution in [-0.2, 0) is 19.1 Å². The lowest BCUT2D eigenvalue weighted by molar-refractivity contribution is -0.920. The third-order valence-electron chi connectivity index (χ3n) is 5.45. The van der Waals surface area contributed by atoms with Crippen LogP contribution in [0.3, 0.4) is 0 Å². The lowest BCUT2D eigenvalue weighted by Crippen LogP contribution is -3.17. The van der Waals surface area contributed by atoms with Crippen LogP contribution in [0.1, 0.15) is 39.5 Å². The molecule has 7 heteroatoms. The Bertz CT molecular complexity index is 710. The minimum atomic E-state index is -0.369. The summed E-state index contributed by atoms with van der Waals surface area (Å²) in [6.45, 7) is 6.26. The Labute approximate surface area is 165 Å². The van der Waals surface area contributed by atoms with Gasteiger partial charge in [-0.3, -0.25) is 14.4 Å². The molecule has 2 fully saturated rings. The average Bonchev–Trinajstić information content (AvgIpc) is 3.01. The molecule has 28 heavy (non-hydrogen) atoms. The standard InChI is InChI=1S/C21H28N2O5/c1-3-13-28-17-7-5-16(6-8-17)23-19(24)14-18(20(23)25)22-11-9-15(10-12-22)21(26)27-4-2/h5-8,15,18H,3-4,9-14H2,1-2H3/p+1/t18-/m0/s1. The molecule has 1 N–H and O–H groups in total. The lowest BCUT2D eigenvalue weighted by Gasteiger charge is -2.31. The molecule has 1 aromatic rings. The Morgan fingerprint density at radius 1 is 1.14 bits per heavy atom. The van der Waals surface area contributed by atoms with Crippen LogP contribution in [0.25, 0.3) is 0 Å². The number of piperidine rings is 1. The molecule has 2 aliphatic rings. The van der Waals surface area contributed by atoms with Gasteiger partial charge in [0.1, 0.15) is 5.75 Å². The quantitative estimate of drug-likeness (QED) is 0.555. The summed E-state index contributed by atoms with van der Waals surface area (Å²) in [5, 5.41) is 0. The van der Waals surface area contributed by atoms with Crippen molar-refractivity contribution in [2.45, 2.75) is 45.6 Å². The number of amides is 2. The number of quaternary nitrogens is 1. The van der Waals surface area contributed by atoms with Crippen LogP contribution in [-0.4, -0.2) is 50.1 Å². The Morgan fingerprint density at radius 2 is 1.82 bits per heavy atom. The maximum Gasteiger partial charge on any atom is 0.309 e. The monoisotopic (exact) mass is 389 g/mol. The van der Waals surface area contributed by atoms with Crippen molar-refractivity contribution in [1.82, 2.24) is 0 Å². The molecule has 0 aliphatic carbocycles. The number of carbonyl (C=O) groups excluding carboxylic acids is 3. The van der Waals surface area contributed by atoms with Gasteiger partial charge >= 0.3 is 5.97 Å². The highest BCUT2D eigenvalue weighted by Crippen LogP contribution is 2.25. The Kier molecular flexibility index (Phi) is 6.67. The molecular weight excluding hydrogens is 360 g/mol. The fourth-order valence-electron chi connectivity index (χ4n) is 3.97. The van der Waals surface area contributed by atoms with Crippen molar-refractivity contribution < 1.29 is 28.8 Å². The van der Waals surface area contributed by atoms with Crippen molar-refractivity contribution in [3.05, 3.63) is 24.3 Å². The smallest absolute Gasteiger partial charge is 0.309 e. The van der Waals surface area contributed by atoms with Gasteiger partial charge in [0.2, 0.25) is 5.91 Å². The third-order valence-corrected chi connectivity index (χ3v) is 5.45. The van der Waals surface area contributed by atoms with Crippen molar-refractivity contribution in [2.75, 3.05) is 31.2 Å². The first-order valence-corrected chi connectivity index (χ1v) is 10.2. The predicted molar refractivity (Wildman–Crippen MR) is 103 cm³/mol. The molecule has 1 aromatic carbocycles. The van der Waals surface area contributed by atoms with Gasteiger partial charge < -0.3 is 14.4 Å². The number of carbonyl (C=O) groups is 3. The van der Waals surface area contributed by atoms with Gasteiger partial charge in [-0.25, -0.2) is 4.90 Å². The van der Waals surface area contributed by atoms with Crippen molar-refractivity contribution in [1.29, 1.82) is 0 Å². The molecule has 0 spiro atoms. The summed E-state index contributed by atoms with van der Waals surface area (Å²) in [5.74, 6) is 0.159. The highest BCUT2D eigenvalue weighted by molar-refractivity contribution is 6.21. The van der Waals surface area contributed by atoms with E-state index in [0.29, 0.717) is 44.8 Å². The molecule has 7 nitrogen and oxygen atoms in total. The summed E-state index contributed by atoms with van der Waals surface area (Å²) in [6.07, 6.45) is 2.51. The van der Waals surface area contributed by atoms with Crippen LogP contribution in [0.15, 0.2) is 24.3 Å². The van der Waals surface area contributed by atoms with E-state index in [4.69, 9.17) is 9.47 Å². The van der Waals surface area contributed by atoms with Gasteiger partial charge in [0, 0.05) is 12.8 Å². The number of esters is 1. The Morgan fingerprint density at radius 3 is 2.43 bits per heavy atom. The van der Waals surface area contributed by atoms with Crippen molar-refractivity contribution in [2.24, 2.45) is 5.92 Å². The molecule has 2 saturated heterocycles. The van der Waals surface area contributed by atoms with E-state index >= 15 is 0 Å². The van der Waals surface area contributed by atoms with Crippen LogP contribution in [0, 0.1) is 5.92 Å². The Balaban J connectivity index is 1.62. The van der Waals surface area contributed by atoms with Crippen molar-refractivity contribution >= 4 is 23.5 Å². The number of hydrogen-bond donors (Lipinski definition) is 1. The van der Waals surface area contributed by atoms with Crippen molar-refractivity contribution in [3.8, 4) is 5.75 Å². The van der Waals surface area contributed by atoms with Crippen LogP contribution < -0.4 is 14.5 Å². The van der Waals surface area contributed by atoms with Gasteiger partial charge in [-0.15, -0.1) is 0 Å². The van der Waals surface area contributed by atoms with Gasteiger partial charge in [-0.05, 0) is 37.6 Å². The fraction of sp³-hybridized carbons (Fsp3) is 0.571. The van der Waals surface area contributed by atoms with Crippen molar-refractivity contribution in [3.63, 3.8) is 0 Å².